The second kappa shape index (κ2) is 7.49. The van der Waals surface area contributed by atoms with E-state index >= 15 is 0 Å². The average molecular weight is 331 g/mol. The molecule has 0 aliphatic carbocycles. The van der Waals surface area contributed by atoms with Crippen molar-refractivity contribution in [3.8, 4) is 0 Å². The SMILES string of the molecule is C/C=C/CS(=O)(=O)CC(=O)N(C)[C@@H](C)c1ccc(F)c(F)c1. The molecule has 4 nitrogen and oxygen atoms in total. The Bertz CT molecular complexity index is 671. The summed E-state index contributed by atoms with van der Waals surface area (Å²) >= 11 is 0. The van der Waals surface area contributed by atoms with Crippen molar-refractivity contribution in [1.82, 2.24) is 4.90 Å². The molecule has 0 saturated carbocycles. The average Bonchev–Trinajstić information content (AvgIpc) is 2.46. The minimum atomic E-state index is -3.53. The third-order valence-electron chi connectivity index (χ3n) is 3.33. The molecule has 0 fully saturated rings. The molecule has 0 heterocycles. The lowest BCUT2D eigenvalue weighted by Gasteiger charge is -2.25. The highest BCUT2D eigenvalue weighted by molar-refractivity contribution is 7.92. The van der Waals surface area contributed by atoms with Crippen molar-refractivity contribution in [3.05, 3.63) is 47.5 Å². The Morgan fingerprint density at radius 3 is 2.50 bits per heavy atom. The predicted molar refractivity (Wildman–Crippen MR) is 81.0 cm³/mol. The Labute approximate surface area is 129 Å². The van der Waals surface area contributed by atoms with Crippen molar-refractivity contribution < 1.29 is 22.0 Å². The molecule has 1 amide bonds. The van der Waals surface area contributed by atoms with Crippen LogP contribution >= 0.6 is 0 Å². The van der Waals surface area contributed by atoms with Gasteiger partial charge in [-0.25, -0.2) is 17.2 Å². The van der Waals surface area contributed by atoms with E-state index in [9.17, 15) is 22.0 Å². The molecular formula is C15H19F2NO3S. The van der Waals surface area contributed by atoms with Crippen LogP contribution in [0.25, 0.3) is 0 Å². The van der Waals surface area contributed by atoms with Crippen molar-refractivity contribution in [2.75, 3.05) is 18.6 Å². The van der Waals surface area contributed by atoms with Crippen molar-refractivity contribution >= 4 is 15.7 Å². The van der Waals surface area contributed by atoms with Crippen LogP contribution in [0.2, 0.25) is 0 Å². The van der Waals surface area contributed by atoms with Gasteiger partial charge >= 0.3 is 0 Å². The molecule has 0 aliphatic heterocycles. The number of carbonyl (C=O) groups excluding carboxylic acids is 1. The maximum Gasteiger partial charge on any atom is 0.238 e. The summed E-state index contributed by atoms with van der Waals surface area (Å²) in [7, 11) is -2.10. The highest BCUT2D eigenvalue weighted by atomic mass is 32.2. The summed E-state index contributed by atoms with van der Waals surface area (Å²) in [4.78, 5) is 13.3. The van der Waals surface area contributed by atoms with Crippen molar-refractivity contribution in [1.29, 1.82) is 0 Å². The number of sulfone groups is 1. The van der Waals surface area contributed by atoms with E-state index in [1.165, 1.54) is 24.1 Å². The van der Waals surface area contributed by atoms with Gasteiger partial charge in [0.05, 0.1) is 11.8 Å². The second-order valence-electron chi connectivity index (χ2n) is 4.98. The van der Waals surface area contributed by atoms with Gasteiger partial charge in [0, 0.05) is 7.05 Å². The fraction of sp³-hybridized carbons (Fsp3) is 0.400. The van der Waals surface area contributed by atoms with Crippen LogP contribution in [-0.2, 0) is 14.6 Å². The van der Waals surface area contributed by atoms with E-state index in [2.05, 4.69) is 0 Å². The van der Waals surface area contributed by atoms with Crippen LogP contribution in [0.1, 0.15) is 25.5 Å². The topological polar surface area (TPSA) is 54.5 Å². The van der Waals surface area contributed by atoms with Crippen LogP contribution < -0.4 is 0 Å². The van der Waals surface area contributed by atoms with E-state index in [4.69, 9.17) is 0 Å². The number of hydrogen-bond donors (Lipinski definition) is 0. The number of nitrogens with zero attached hydrogens (tertiary/aromatic N) is 1. The van der Waals surface area contributed by atoms with Crippen LogP contribution in [0.3, 0.4) is 0 Å². The first-order chi connectivity index (χ1) is 10.2. The summed E-state index contributed by atoms with van der Waals surface area (Å²) < 4.78 is 49.7. The van der Waals surface area contributed by atoms with Gasteiger partial charge in [-0.2, -0.15) is 0 Å². The van der Waals surface area contributed by atoms with Gasteiger partial charge in [0.2, 0.25) is 5.91 Å². The minimum absolute atomic E-state index is 0.206. The predicted octanol–water partition coefficient (Wildman–Crippen LogP) is 2.48. The fourth-order valence-electron chi connectivity index (χ4n) is 1.80. The Balaban J connectivity index is 2.83. The summed E-state index contributed by atoms with van der Waals surface area (Å²) in [5.74, 6) is -3.41. The van der Waals surface area contributed by atoms with Crippen LogP contribution in [-0.4, -0.2) is 37.8 Å². The molecule has 0 spiro atoms. The largest absolute Gasteiger partial charge is 0.338 e. The molecular weight excluding hydrogens is 312 g/mol. The quantitative estimate of drug-likeness (QED) is 0.753. The van der Waals surface area contributed by atoms with E-state index in [1.807, 2.05) is 0 Å². The van der Waals surface area contributed by atoms with Gasteiger partial charge in [0.1, 0.15) is 5.75 Å². The smallest absolute Gasteiger partial charge is 0.238 e. The zero-order valence-electron chi connectivity index (χ0n) is 12.7. The summed E-state index contributed by atoms with van der Waals surface area (Å²) in [5, 5.41) is 0. The molecule has 0 saturated heterocycles. The molecule has 1 aromatic rings. The maximum atomic E-state index is 13.2. The van der Waals surface area contributed by atoms with Crippen molar-refractivity contribution in [3.63, 3.8) is 0 Å². The third kappa shape index (κ3) is 4.91. The van der Waals surface area contributed by atoms with Crippen LogP contribution in [0, 0.1) is 11.6 Å². The van der Waals surface area contributed by atoms with Gasteiger partial charge in [-0.05, 0) is 31.5 Å². The van der Waals surface area contributed by atoms with Crippen molar-refractivity contribution in [2.45, 2.75) is 19.9 Å². The lowest BCUT2D eigenvalue weighted by molar-refractivity contribution is -0.129. The molecule has 7 heteroatoms. The molecule has 1 atom stereocenters. The summed E-state index contributed by atoms with van der Waals surface area (Å²) in [6, 6.07) is 2.76. The molecule has 0 radical (unpaired) electrons. The van der Waals surface area contributed by atoms with Gasteiger partial charge in [-0.1, -0.05) is 18.2 Å². The minimum Gasteiger partial charge on any atom is -0.338 e. The summed E-state index contributed by atoms with van der Waals surface area (Å²) in [5.41, 5.74) is 0.389. The Morgan fingerprint density at radius 1 is 1.32 bits per heavy atom. The first kappa shape index (κ1) is 18.3. The van der Waals surface area contributed by atoms with Gasteiger partial charge in [-0.3, -0.25) is 4.79 Å². The Kier molecular flexibility index (Phi) is 6.22. The number of carbonyl (C=O) groups is 1. The number of amides is 1. The highest BCUT2D eigenvalue weighted by Crippen LogP contribution is 2.21. The second-order valence-corrected chi connectivity index (χ2v) is 7.09. The van der Waals surface area contributed by atoms with E-state index in [1.54, 1.807) is 19.9 Å². The standard InChI is InChI=1S/C15H19F2NO3S/c1-4-5-8-22(20,21)10-15(19)18(3)11(2)12-6-7-13(16)14(17)9-12/h4-7,9,11H,8,10H2,1-3H3/b5-4+/t11-/m0/s1. The lowest BCUT2D eigenvalue weighted by Crippen LogP contribution is -2.35. The number of rotatable bonds is 6. The monoisotopic (exact) mass is 331 g/mol. The molecule has 1 aromatic carbocycles. The molecule has 122 valence electrons. The summed E-state index contributed by atoms with van der Waals surface area (Å²) in [6.45, 7) is 3.30. The van der Waals surface area contributed by atoms with Crippen molar-refractivity contribution in [2.24, 2.45) is 0 Å². The van der Waals surface area contributed by atoms with E-state index < -0.39 is 39.2 Å². The molecule has 0 aliphatic rings. The van der Waals surface area contributed by atoms with Crippen LogP contribution in [0.4, 0.5) is 8.78 Å². The Morgan fingerprint density at radius 2 is 1.95 bits per heavy atom. The molecule has 0 unspecified atom stereocenters. The molecule has 0 N–H and O–H groups in total. The van der Waals surface area contributed by atoms with Gasteiger partial charge in [0.25, 0.3) is 0 Å². The highest BCUT2D eigenvalue weighted by Gasteiger charge is 2.23. The van der Waals surface area contributed by atoms with Gasteiger partial charge in [0.15, 0.2) is 21.5 Å². The number of allylic oxidation sites excluding steroid dienone is 1. The van der Waals surface area contributed by atoms with E-state index in [-0.39, 0.29) is 5.75 Å². The lowest BCUT2D eigenvalue weighted by atomic mass is 10.1. The normalized spacial score (nSPS) is 13.3. The van der Waals surface area contributed by atoms with Gasteiger partial charge < -0.3 is 4.90 Å². The fourth-order valence-corrected chi connectivity index (χ4v) is 2.99. The third-order valence-corrected chi connectivity index (χ3v) is 4.72. The number of hydrogen-bond acceptors (Lipinski definition) is 3. The first-order valence-electron chi connectivity index (χ1n) is 6.70. The zero-order chi connectivity index (χ0) is 16.9. The molecule has 0 aromatic heterocycles. The number of benzene rings is 1. The van der Waals surface area contributed by atoms with E-state index in [0.29, 0.717) is 5.56 Å². The molecule has 0 bridgehead atoms. The van der Waals surface area contributed by atoms with E-state index in [0.717, 1.165) is 12.1 Å². The Hall–Kier alpha value is -1.76. The first-order valence-corrected chi connectivity index (χ1v) is 8.52. The molecule has 1 rings (SSSR count). The maximum absolute atomic E-state index is 13.2. The summed E-state index contributed by atoms with van der Waals surface area (Å²) in [6.07, 6.45) is 3.05. The zero-order valence-corrected chi connectivity index (χ0v) is 13.5. The van der Waals surface area contributed by atoms with Gasteiger partial charge in [-0.15, -0.1) is 0 Å². The van der Waals surface area contributed by atoms with Crippen LogP contribution in [0.5, 0.6) is 0 Å². The van der Waals surface area contributed by atoms with Crippen LogP contribution in [0.15, 0.2) is 30.4 Å². The molecule has 22 heavy (non-hydrogen) atoms. The number of halogens is 2.